The predicted molar refractivity (Wildman–Crippen MR) is 114 cm³/mol. The number of H-pyrrole nitrogens is 1. The number of nitrogens with zero attached hydrogens (tertiary/aromatic N) is 2. The number of benzene rings is 2. The van der Waals surface area contributed by atoms with Gasteiger partial charge in [0.25, 0.3) is 5.91 Å². The monoisotopic (exact) mass is 407 g/mol. The minimum Gasteiger partial charge on any atom is -0.493 e. The van der Waals surface area contributed by atoms with Crippen LogP contribution in [0.4, 0.5) is 0 Å². The van der Waals surface area contributed by atoms with Crippen molar-refractivity contribution in [2.45, 2.75) is 6.42 Å². The van der Waals surface area contributed by atoms with Crippen LogP contribution in [0.15, 0.2) is 48.7 Å². The van der Waals surface area contributed by atoms with Crippen molar-refractivity contribution in [3.8, 4) is 11.5 Å². The molecule has 7 heteroatoms. The van der Waals surface area contributed by atoms with Gasteiger partial charge in [0, 0.05) is 48.8 Å². The third-order valence-electron chi connectivity index (χ3n) is 5.57. The molecule has 30 heavy (non-hydrogen) atoms. The van der Waals surface area contributed by atoms with Gasteiger partial charge in [-0.3, -0.25) is 9.59 Å². The Morgan fingerprint density at radius 1 is 0.933 bits per heavy atom. The molecule has 0 unspecified atom stereocenters. The van der Waals surface area contributed by atoms with Gasteiger partial charge in [0.15, 0.2) is 11.5 Å². The van der Waals surface area contributed by atoms with E-state index in [9.17, 15) is 9.59 Å². The van der Waals surface area contributed by atoms with E-state index in [1.54, 1.807) is 37.3 Å². The number of rotatable bonds is 5. The first-order chi connectivity index (χ1) is 14.6. The molecule has 1 N–H and O–H groups in total. The lowest BCUT2D eigenvalue weighted by Gasteiger charge is -2.35. The van der Waals surface area contributed by atoms with Gasteiger partial charge in [-0.15, -0.1) is 0 Å². The smallest absolute Gasteiger partial charge is 0.254 e. The molecule has 0 bridgehead atoms. The number of carbonyl (C=O) groups excluding carboxylic acids is 2. The lowest BCUT2D eigenvalue weighted by atomic mass is 10.1. The first-order valence-electron chi connectivity index (χ1n) is 9.94. The summed E-state index contributed by atoms with van der Waals surface area (Å²) < 4.78 is 10.5. The summed E-state index contributed by atoms with van der Waals surface area (Å²) in [4.78, 5) is 32.5. The number of aromatic nitrogens is 1. The van der Waals surface area contributed by atoms with Crippen LogP contribution in [0.5, 0.6) is 11.5 Å². The van der Waals surface area contributed by atoms with E-state index in [2.05, 4.69) is 4.98 Å². The molecule has 1 saturated heterocycles. The molecule has 3 aromatic rings. The van der Waals surface area contributed by atoms with Crippen LogP contribution in [0.25, 0.3) is 10.9 Å². The number of ether oxygens (including phenoxy) is 2. The van der Waals surface area contributed by atoms with Crippen molar-refractivity contribution in [1.29, 1.82) is 0 Å². The van der Waals surface area contributed by atoms with Gasteiger partial charge in [-0.05, 0) is 29.8 Å². The van der Waals surface area contributed by atoms with Crippen LogP contribution in [0, 0.1) is 0 Å². The van der Waals surface area contributed by atoms with Gasteiger partial charge in [0.2, 0.25) is 5.91 Å². The molecule has 2 amide bonds. The highest BCUT2D eigenvalue weighted by Crippen LogP contribution is 2.28. The zero-order chi connectivity index (χ0) is 21.1. The number of methoxy groups -OCH3 is 2. The summed E-state index contributed by atoms with van der Waals surface area (Å²) in [5.74, 6) is 1.12. The number of para-hydroxylation sites is 1. The van der Waals surface area contributed by atoms with E-state index in [0.29, 0.717) is 49.7 Å². The molecule has 1 aliphatic heterocycles. The number of hydrogen-bond donors (Lipinski definition) is 1. The Labute approximate surface area is 175 Å². The topological polar surface area (TPSA) is 74.9 Å². The molecular formula is C23H25N3O4. The molecule has 2 heterocycles. The van der Waals surface area contributed by atoms with E-state index in [1.807, 2.05) is 35.4 Å². The Balaban J connectivity index is 1.37. The zero-order valence-electron chi connectivity index (χ0n) is 17.2. The molecule has 4 rings (SSSR count). The summed E-state index contributed by atoms with van der Waals surface area (Å²) in [5, 5.41) is 1.08. The average molecular weight is 407 g/mol. The summed E-state index contributed by atoms with van der Waals surface area (Å²) in [7, 11) is 3.11. The fraction of sp³-hybridized carbons (Fsp3) is 0.304. The molecule has 1 fully saturated rings. The van der Waals surface area contributed by atoms with Crippen molar-refractivity contribution in [3.63, 3.8) is 0 Å². The van der Waals surface area contributed by atoms with Crippen molar-refractivity contribution in [2.75, 3.05) is 40.4 Å². The van der Waals surface area contributed by atoms with Crippen molar-refractivity contribution in [2.24, 2.45) is 0 Å². The number of nitrogens with one attached hydrogen (secondary N) is 1. The Morgan fingerprint density at radius 2 is 1.63 bits per heavy atom. The second-order valence-corrected chi connectivity index (χ2v) is 7.28. The summed E-state index contributed by atoms with van der Waals surface area (Å²) >= 11 is 0. The Hall–Kier alpha value is -3.48. The number of hydrogen-bond acceptors (Lipinski definition) is 4. The first-order valence-corrected chi connectivity index (χ1v) is 9.94. The van der Waals surface area contributed by atoms with Crippen molar-refractivity contribution in [3.05, 3.63) is 59.8 Å². The lowest BCUT2D eigenvalue weighted by molar-refractivity contribution is -0.131. The second-order valence-electron chi connectivity index (χ2n) is 7.28. The quantitative estimate of drug-likeness (QED) is 0.706. The highest BCUT2D eigenvalue weighted by atomic mass is 16.5. The maximum absolute atomic E-state index is 12.9. The fourth-order valence-electron chi connectivity index (χ4n) is 3.86. The standard InChI is InChI=1S/C23H25N3O4/c1-29-20-8-7-16(13-21(20)30-2)23(28)26-11-9-25(10-12-26)22(27)14-17-15-24-19-6-4-3-5-18(17)19/h3-8,13,15,24H,9-12,14H2,1-2H3. The molecular weight excluding hydrogens is 382 g/mol. The normalized spacial score (nSPS) is 14.1. The van der Waals surface area contributed by atoms with Crippen molar-refractivity contribution in [1.82, 2.24) is 14.8 Å². The van der Waals surface area contributed by atoms with Gasteiger partial charge in [0.05, 0.1) is 20.6 Å². The van der Waals surface area contributed by atoms with Crippen molar-refractivity contribution < 1.29 is 19.1 Å². The van der Waals surface area contributed by atoms with E-state index in [0.717, 1.165) is 16.5 Å². The minimum absolute atomic E-state index is 0.0697. The molecule has 0 aliphatic carbocycles. The van der Waals surface area contributed by atoms with Crippen LogP contribution in [0.2, 0.25) is 0 Å². The molecule has 0 radical (unpaired) electrons. The second kappa shape index (κ2) is 8.49. The van der Waals surface area contributed by atoms with Gasteiger partial charge in [-0.1, -0.05) is 18.2 Å². The average Bonchev–Trinajstić information content (AvgIpc) is 3.21. The van der Waals surface area contributed by atoms with E-state index < -0.39 is 0 Å². The van der Waals surface area contributed by atoms with Crippen LogP contribution in [0.1, 0.15) is 15.9 Å². The molecule has 1 aliphatic rings. The number of aromatic amines is 1. The third kappa shape index (κ3) is 3.83. The largest absolute Gasteiger partial charge is 0.493 e. The molecule has 7 nitrogen and oxygen atoms in total. The molecule has 0 atom stereocenters. The number of fused-ring (bicyclic) bond motifs is 1. The van der Waals surface area contributed by atoms with Gasteiger partial charge < -0.3 is 24.3 Å². The molecule has 0 saturated carbocycles. The van der Waals surface area contributed by atoms with Gasteiger partial charge >= 0.3 is 0 Å². The maximum Gasteiger partial charge on any atom is 0.254 e. The highest BCUT2D eigenvalue weighted by Gasteiger charge is 2.26. The fourth-order valence-corrected chi connectivity index (χ4v) is 3.86. The SMILES string of the molecule is COc1ccc(C(=O)N2CCN(C(=O)Cc3c[nH]c4ccccc34)CC2)cc1OC. The highest BCUT2D eigenvalue weighted by molar-refractivity contribution is 5.95. The van der Waals surface area contributed by atoms with Crippen LogP contribution in [0.3, 0.4) is 0 Å². The number of amides is 2. The molecule has 156 valence electrons. The Morgan fingerprint density at radius 3 is 2.37 bits per heavy atom. The summed E-state index contributed by atoms with van der Waals surface area (Å²) in [6.45, 7) is 2.07. The molecule has 2 aromatic carbocycles. The number of piperazine rings is 1. The van der Waals surface area contributed by atoms with Gasteiger partial charge in [-0.25, -0.2) is 0 Å². The predicted octanol–water partition coefficient (Wildman–Crippen LogP) is 2.71. The maximum atomic E-state index is 12.9. The summed E-state index contributed by atoms with van der Waals surface area (Å²) in [6.07, 6.45) is 2.26. The minimum atomic E-state index is -0.0697. The summed E-state index contributed by atoms with van der Waals surface area (Å²) in [5.41, 5.74) is 2.58. The van der Waals surface area contributed by atoms with Crippen LogP contribution in [-0.4, -0.2) is 67.0 Å². The van der Waals surface area contributed by atoms with Crippen LogP contribution in [-0.2, 0) is 11.2 Å². The van der Waals surface area contributed by atoms with E-state index in [1.165, 1.54) is 0 Å². The van der Waals surface area contributed by atoms with E-state index in [4.69, 9.17) is 9.47 Å². The van der Waals surface area contributed by atoms with Gasteiger partial charge in [-0.2, -0.15) is 0 Å². The third-order valence-corrected chi connectivity index (χ3v) is 5.57. The van der Waals surface area contributed by atoms with E-state index >= 15 is 0 Å². The van der Waals surface area contributed by atoms with E-state index in [-0.39, 0.29) is 11.8 Å². The number of carbonyl (C=O) groups is 2. The first kappa shape index (κ1) is 19.8. The molecule has 1 aromatic heterocycles. The van der Waals surface area contributed by atoms with Crippen LogP contribution >= 0.6 is 0 Å². The molecule has 0 spiro atoms. The van der Waals surface area contributed by atoms with Crippen molar-refractivity contribution >= 4 is 22.7 Å². The Kier molecular flexibility index (Phi) is 5.61. The van der Waals surface area contributed by atoms with Gasteiger partial charge in [0.1, 0.15) is 0 Å². The lowest BCUT2D eigenvalue weighted by Crippen LogP contribution is -2.51. The Bertz CT molecular complexity index is 1070. The zero-order valence-corrected chi connectivity index (χ0v) is 17.2. The van der Waals surface area contributed by atoms with Crippen LogP contribution < -0.4 is 9.47 Å². The summed E-state index contributed by atoms with van der Waals surface area (Å²) in [6, 6.07) is 13.1.